The maximum atomic E-state index is 4.70. The van der Waals surface area contributed by atoms with E-state index in [1.807, 2.05) is 12.3 Å². The first kappa shape index (κ1) is 13.8. The number of nitrogens with zero attached hydrogens (tertiary/aromatic N) is 1. The molecule has 0 spiro atoms. The quantitative estimate of drug-likeness (QED) is 0.692. The number of fused-ring (bicyclic) bond motifs is 1. The molecule has 0 aromatic heterocycles. The Morgan fingerprint density at radius 3 is 2.43 bits per heavy atom. The third-order valence-corrected chi connectivity index (χ3v) is 4.21. The number of allylic oxidation sites excluding steroid dienone is 1. The normalized spacial score (nSPS) is 17.0. The van der Waals surface area contributed by atoms with E-state index in [1.54, 1.807) is 0 Å². The molecule has 0 fully saturated rings. The summed E-state index contributed by atoms with van der Waals surface area (Å²) in [4.78, 5) is 4.70. The zero-order chi connectivity index (χ0) is 15.5. The predicted molar refractivity (Wildman–Crippen MR) is 97.9 cm³/mol. The summed E-state index contributed by atoms with van der Waals surface area (Å²) in [5.41, 5.74) is 3.46. The maximum absolute atomic E-state index is 4.70. The van der Waals surface area contributed by atoms with E-state index in [0.717, 1.165) is 17.8 Å². The van der Waals surface area contributed by atoms with E-state index in [4.69, 9.17) is 4.99 Å². The highest BCUT2D eigenvalue weighted by atomic mass is 14.9. The first-order chi connectivity index (χ1) is 11.4. The molecule has 1 atom stereocenters. The molecule has 112 valence electrons. The predicted octanol–water partition coefficient (Wildman–Crippen LogP) is 5.35. The Morgan fingerprint density at radius 2 is 1.61 bits per heavy atom. The molecule has 0 bridgehead atoms. The lowest BCUT2D eigenvalue weighted by molar-refractivity contribution is 0.736. The lowest BCUT2D eigenvalue weighted by atomic mass is 10.0. The Morgan fingerprint density at radius 1 is 0.826 bits per heavy atom. The van der Waals surface area contributed by atoms with Crippen molar-refractivity contribution < 1.29 is 0 Å². The van der Waals surface area contributed by atoms with Gasteiger partial charge in [0.25, 0.3) is 0 Å². The van der Waals surface area contributed by atoms with Gasteiger partial charge in [-0.05, 0) is 23.4 Å². The number of aliphatic imine (C=N–C) groups is 1. The van der Waals surface area contributed by atoms with Crippen molar-refractivity contribution in [3.05, 3.63) is 90.1 Å². The Labute approximate surface area is 136 Å². The van der Waals surface area contributed by atoms with Gasteiger partial charge < -0.3 is 5.32 Å². The van der Waals surface area contributed by atoms with Crippen LogP contribution in [0.2, 0.25) is 0 Å². The third-order valence-electron chi connectivity index (χ3n) is 4.21. The molecule has 1 aliphatic heterocycles. The van der Waals surface area contributed by atoms with Crippen molar-refractivity contribution in [1.29, 1.82) is 0 Å². The van der Waals surface area contributed by atoms with E-state index >= 15 is 0 Å². The fourth-order valence-corrected chi connectivity index (χ4v) is 2.99. The average Bonchev–Trinajstić information content (AvgIpc) is 2.63. The van der Waals surface area contributed by atoms with Crippen molar-refractivity contribution in [3.8, 4) is 0 Å². The molecular weight excluding hydrogens is 280 g/mol. The molecule has 2 heteroatoms. The van der Waals surface area contributed by atoms with Gasteiger partial charge in [-0.3, -0.25) is 4.99 Å². The highest BCUT2D eigenvalue weighted by Crippen LogP contribution is 2.27. The number of benzene rings is 3. The monoisotopic (exact) mass is 298 g/mol. The summed E-state index contributed by atoms with van der Waals surface area (Å²) in [7, 11) is 0. The Bertz CT molecular complexity index is 873. The molecule has 0 aliphatic carbocycles. The largest absolute Gasteiger partial charge is 0.354 e. The number of hydrogen-bond donors (Lipinski definition) is 1. The smallest absolute Gasteiger partial charge is 0.0785 e. The standard InChI is InChI=1S/C21H18N2/c1-2-8-17(9-3-1)20-14-13-18(15-22-20)23-21-12-6-10-16-7-4-5-11-19(16)21/h1-13,15,20,23H,14H2. The molecule has 0 amide bonds. The SMILES string of the molecule is C1=NC(c2ccccc2)CC=C1Nc1cccc2ccccc12. The highest BCUT2D eigenvalue weighted by molar-refractivity contribution is 5.97. The van der Waals surface area contributed by atoms with Crippen LogP contribution in [0.4, 0.5) is 5.69 Å². The molecule has 1 unspecified atom stereocenters. The van der Waals surface area contributed by atoms with Crippen LogP contribution in [0.25, 0.3) is 10.8 Å². The lowest BCUT2D eigenvalue weighted by Crippen LogP contribution is -2.08. The molecule has 4 rings (SSSR count). The van der Waals surface area contributed by atoms with E-state index in [0.29, 0.717) is 0 Å². The highest BCUT2D eigenvalue weighted by Gasteiger charge is 2.12. The van der Waals surface area contributed by atoms with Crippen molar-refractivity contribution >= 4 is 22.7 Å². The van der Waals surface area contributed by atoms with E-state index in [2.05, 4.69) is 78.1 Å². The molecular formula is C21H18N2. The second-order valence-corrected chi connectivity index (χ2v) is 5.75. The van der Waals surface area contributed by atoms with Crippen LogP contribution < -0.4 is 5.32 Å². The van der Waals surface area contributed by atoms with Gasteiger partial charge in [-0.2, -0.15) is 0 Å². The summed E-state index contributed by atoms with van der Waals surface area (Å²) < 4.78 is 0. The molecule has 0 saturated heterocycles. The molecule has 1 aliphatic rings. The fourth-order valence-electron chi connectivity index (χ4n) is 2.99. The van der Waals surface area contributed by atoms with Gasteiger partial charge in [-0.25, -0.2) is 0 Å². The average molecular weight is 298 g/mol. The lowest BCUT2D eigenvalue weighted by Gasteiger charge is -2.18. The minimum Gasteiger partial charge on any atom is -0.354 e. The van der Waals surface area contributed by atoms with Crippen molar-refractivity contribution in [3.63, 3.8) is 0 Å². The topological polar surface area (TPSA) is 24.4 Å². The van der Waals surface area contributed by atoms with E-state index in [1.165, 1.54) is 16.3 Å². The van der Waals surface area contributed by atoms with Gasteiger partial charge in [0.05, 0.1) is 11.7 Å². The van der Waals surface area contributed by atoms with Crippen LogP contribution in [-0.2, 0) is 0 Å². The zero-order valence-corrected chi connectivity index (χ0v) is 12.8. The molecule has 1 N–H and O–H groups in total. The van der Waals surface area contributed by atoms with Crippen molar-refractivity contribution in [2.75, 3.05) is 5.32 Å². The summed E-state index contributed by atoms with van der Waals surface area (Å²) >= 11 is 0. The number of anilines is 1. The van der Waals surface area contributed by atoms with Crippen molar-refractivity contribution in [2.24, 2.45) is 4.99 Å². The van der Waals surface area contributed by atoms with Gasteiger partial charge in [0, 0.05) is 17.3 Å². The van der Waals surface area contributed by atoms with Gasteiger partial charge in [-0.15, -0.1) is 0 Å². The summed E-state index contributed by atoms with van der Waals surface area (Å²) in [5, 5.41) is 5.98. The summed E-state index contributed by atoms with van der Waals surface area (Å²) in [5.74, 6) is 0. The van der Waals surface area contributed by atoms with Gasteiger partial charge in [-0.1, -0.05) is 72.8 Å². The molecule has 0 radical (unpaired) electrons. The Hall–Kier alpha value is -2.87. The van der Waals surface area contributed by atoms with E-state index < -0.39 is 0 Å². The van der Waals surface area contributed by atoms with E-state index in [-0.39, 0.29) is 6.04 Å². The third kappa shape index (κ3) is 2.88. The molecule has 3 aromatic rings. The first-order valence-electron chi connectivity index (χ1n) is 7.93. The first-order valence-corrected chi connectivity index (χ1v) is 7.93. The molecule has 2 nitrogen and oxygen atoms in total. The Kier molecular flexibility index (Phi) is 3.65. The number of hydrogen-bond acceptors (Lipinski definition) is 2. The fraction of sp³-hybridized carbons (Fsp3) is 0.0952. The van der Waals surface area contributed by atoms with Crippen LogP contribution in [0, 0.1) is 0 Å². The minimum absolute atomic E-state index is 0.231. The van der Waals surface area contributed by atoms with Crippen LogP contribution >= 0.6 is 0 Å². The van der Waals surface area contributed by atoms with Crippen LogP contribution in [-0.4, -0.2) is 6.21 Å². The van der Waals surface area contributed by atoms with Crippen molar-refractivity contribution in [1.82, 2.24) is 0 Å². The van der Waals surface area contributed by atoms with Crippen LogP contribution in [0.15, 0.2) is 89.6 Å². The maximum Gasteiger partial charge on any atom is 0.0785 e. The summed E-state index contributed by atoms with van der Waals surface area (Å²) in [6, 6.07) is 25.4. The van der Waals surface area contributed by atoms with E-state index in [9.17, 15) is 0 Å². The second-order valence-electron chi connectivity index (χ2n) is 5.75. The van der Waals surface area contributed by atoms with Gasteiger partial charge >= 0.3 is 0 Å². The van der Waals surface area contributed by atoms with Gasteiger partial charge in [0.2, 0.25) is 0 Å². The van der Waals surface area contributed by atoms with Crippen LogP contribution in [0.5, 0.6) is 0 Å². The van der Waals surface area contributed by atoms with Crippen LogP contribution in [0.1, 0.15) is 18.0 Å². The molecule has 1 heterocycles. The minimum atomic E-state index is 0.231. The molecule has 23 heavy (non-hydrogen) atoms. The Balaban J connectivity index is 1.54. The summed E-state index contributed by atoms with van der Waals surface area (Å²) in [6.07, 6.45) is 5.10. The summed E-state index contributed by atoms with van der Waals surface area (Å²) in [6.45, 7) is 0. The number of dihydropyridines is 1. The van der Waals surface area contributed by atoms with Crippen LogP contribution in [0.3, 0.4) is 0 Å². The van der Waals surface area contributed by atoms with Gasteiger partial charge in [0.15, 0.2) is 0 Å². The second kappa shape index (κ2) is 6.09. The number of rotatable bonds is 3. The molecule has 0 saturated carbocycles. The van der Waals surface area contributed by atoms with Crippen molar-refractivity contribution in [2.45, 2.75) is 12.5 Å². The zero-order valence-electron chi connectivity index (χ0n) is 12.8. The molecule has 3 aromatic carbocycles. The van der Waals surface area contributed by atoms with Gasteiger partial charge in [0.1, 0.15) is 0 Å². The number of nitrogens with one attached hydrogen (secondary N) is 1.